The van der Waals surface area contributed by atoms with Gasteiger partial charge in [-0.25, -0.2) is 0 Å². The van der Waals surface area contributed by atoms with Crippen molar-refractivity contribution in [3.63, 3.8) is 0 Å². The normalized spacial score (nSPS) is 11.7. The monoisotopic (exact) mass is 263 g/mol. The first kappa shape index (κ1) is 15.7. The molecule has 19 heavy (non-hydrogen) atoms. The maximum Gasteiger partial charge on any atom is 0.311 e. The number of ether oxygens (including phenoxy) is 1. The Balaban J connectivity index is 2.47. The predicted octanol–water partition coefficient (Wildman–Crippen LogP) is 3.23. The minimum Gasteiger partial charge on any atom is -0.427 e. The SMILES string of the molecule is CN(C)CCCC(=O)Oc1ccc(C(C)(C)C)cc1. The molecule has 3 heteroatoms. The van der Waals surface area contributed by atoms with Crippen LogP contribution in [0.15, 0.2) is 24.3 Å². The van der Waals surface area contributed by atoms with Gasteiger partial charge >= 0.3 is 5.97 Å². The Hall–Kier alpha value is -1.35. The molecule has 0 heterocycles. The topological polar surface area (TPSA) is 29.5 Å². The fraction of sp³-hybridized carbons (Fsp3) is 0.562. The molecule has 1 aromatic rings. The summed E-state index contributed by atoms with van der Waals surface area (Å²) in [7, 11) is 3.99. The highest BCUT2D eigenvalue weighted by Gasteiger charge is 2.13. The van der Waals surface area contributed by atoms with Gasteiger partial charge in [-0.1, -0.05) is 32.9 Å². The second-order valence-electron chi connectivity index (χ2n) is 6.16. The van der Waals surface area contributed by atoms with Gasteiger partial charge in [0.2, 0.25) is 0 Å². The Labute approximate surface area is 116 Å². The molecule has 1 aromatic carbocycles. The van der Waals surface area contributed by atoms with E-state index in [9.17, 15) is 4.79 Å². The number of hydrogen-bond donors (Lipinski definition) is 0. The van der Waals surface area contributed by atoms with Crippen LogP contribution in [0, 0.1) is 0 Å². The molecule has 0 amide bonds. The van der Waals surface area contributed by atoms with Gasteiger partial charge in [0.1, 0.15) is 5.75 Å². The van der Waals surface area contributed by atoms with Gasteiger partial charge in [-0.05, 0) is 50.2 Å². The Morgan fingerprint density at radius 1 is 1.16 bits per heavy atom. The van der Waals surface area contributed by atoms with Crippen LogP contribution in [0.1, 0.15) is 39.2 Å². The summed E-state index contributed by atoms with van der Waals surface area (Å²) < 4.78 is 5.31. The van der Waals surface area contributed by atoms with Crippen molar-refractivity contribution >= 4 is 5.97 Å². The molecule has 0 aliphatic carbocycles. The van der Waals surface area contributed by atoms with Crippen molar-refractivity contribution in [1.82, 2.24) is 4.90 Å². The van der Waals surface area contributed by atoms with Crippen LogP contribution >= 0.6 is 0 Å². The second-order valence-corrected chi connectivity index (χ2v) is 6.16. The Kier molecular flexibility index (Phi) is 5.55. The molecule has 0 N–H and O–H groups in total. The van der Waals surface area contributed by atoms with E-state index in [1.807, 2.05) is 38.4 Å². The largest absolute Gasteiger partial charge is 0.427 e. The van der Waals surface area contributed by atoms with Crippen LogP contribution in [0.2, 0.25) is 0 Å². The lowest BCUT2D eigenvalue weighted by molar-refractivity contribution is -0.134. The molecule has 3 nitrogen and oxygen atoms in total. The molecule has 0 unspecified atom stereocenters. The summed E-state index contributed by atoms with van der Waals surface area (Å²) in [4.78, 5) is 13.7. The third kappa shape index (κ3) is 5.88. The van der Waals surface area contributed by atoms with Crippen LogP contribution in [0.5, 0.6) is 5.75 Å². The van der Waals surface area contributed by atoms with Crippen molar-refractivity contribution in [2.75, 3.05) is 20.6 Å². The van der Waals surface area contributed by atoms with Gasteiger partial charge in [0.05, 0.1) is 0 Å². The zero-order chi connectivity index (χ0) is 14.5. The van der Waals surface area contributed by atoms with Crippen molar-refractivity contribution < 1.29 is 9.53 Å². The molecule has 0 aliphatic heterocycles. The summed E-state index contributed by atoms with van der Waals surface area (Å²) in [5.74, 6) is 0.466. The van der Waals surface area contributed by atoms with Crippen LogP contribution in [0.3, 0.4) is 0 Å². The predicted molar refractivity (Wildman–Crippen MR) is 78.6 cm³/mol. The molecule has 0 spiro atoms. The highest BCUT2D eigenvalue weighted by molar-refractivity contribution is 5.72. The van der Waals surface area contributed by atoms with E-state index in [1.54, 1.807) is 0 Å². The van der Waals surface area contributed by atoms with E-state index >= 15 is 0 Å². The first-order chi connectivity index (χ1) is 8.79. The van der Waals surface area contributed by atoms with Gasteiger partial charge in [0.25, 0.3) is 0 Å². The molecule has 0 saturated heterocycles. The van der Waals surface area contributed by atoms with E-state index in [1.165, 1.54) is 5.56 Å². The maximum atomic E-state index is 11.6. The molecular weight excluding hydrogens is 238 g/mol. The number of hydrogen-bond acceptors (Lipinski definition) is 3. The standard InChI is InChI=1S/C16H25NO2/c1-16(2,3)13-8-10-14(11-9-13)19-15(18)7-6-12-17(4)5/h8-11H,6-7,12H2,1-5H3. The smallest absolute Gasteiger partial charge is 0.311 e. The molecule has 0 bridgehead atoms. The van der Waals surface area contributed by atoms with Gasteiger partial charge in [-0.3, -0.25) is 4.79 Å². The Morgan fingerprint density at radius 2 is 1.74 bits per heavy atom. The molecule has 106 valence electrons. The Bertz CT molecular complexity index is 402. The summed E-state index contributed by atoms with van der Waals surface area (Å²) in [6, 6.07) is 7.76. The van der Waals surface area contributed by atoms with Gasteiger partial charge in [0, 0.05) is 6.42 Å². The van der Waals surface area contributed by atoms with Crippen LogP contribution in [-0.4, -0.2) is 31.5 Å². The highest BCUT2D eigenvalue weighted by Crippen LogP contribution is 2.24. The number of nitrogens with zero attached hydrogens (tertiary/aromatic N) is 1. The van der Waals surface area contributed by atoms with Crippen molar-refractivity contribution in [1.29, 1.82) is 0 Å². The zero-order valence-corrected chi connectivity index (χ0v) is 12.7. The van der Waals surface area contributed by atoms with E-state index < -0.39 is 0 Å². The average Bonchev–Trinajstić information content (AvgIpc) is 2.27. The summed E-state index contributed by atoms with van der Waals surface area (Å²) >= 11 is 0. The molecular formula is C16H25NO2. The summed E-state index contributed by atoms with van der Waals surface area (Å²) in [5, 5.41) is 0. The van der Waals surface area contributed by atoms with Gasteiger partial charge < -0.3 is 9.64 Å². The summed E-state index contributed by atoms with van der Waals surface area (Å²) in [6.07, 6.45) is 1.28. The maximum absolute atomic E-state index is 11.6. The lowest BCUT2D eigenvalue weighted by atomic mass is 9.87. The average molecular weight is 263 g/mol. The van der Waals surface area contributed by atoms with E-state index in [0.29, 0.717) is 12.2 Å². The second kappa shape index (κ2) is 6.71. The van der Waals surface area contributed by atoms with Crippen LogP contribution in [0.4, 0.5) is 0 Å². The molecule has 1 rings (SSSR count). The number of rotatable bonds is 5. The van der Waals surface area contributed by atoms with E-state index in [4.69, 9.17) is 4.74 Å². The van der Waals surface area contributed by atoms with Crippen molar-refractivity contribution in [2.45, 2.75) is 39.0 Å². The van der Waals surface area contributed by atoms with E-state index in [0.717, 1.165) is 13.0 Å². The fourth-order valence-electron chi connectivity index (χ4n) is 1.75. The molecule has 0 aromatic heterocycles. The summed E-state index contributed by atoms with van der Waals surface area (Å²) in [6.45, 7) is 7.39. The highest BCUT2D eigenvalue weighted by atomic mass is 16.5. The van der Waals surface area contributed by atoms with Crippen molar-refractivity contribution in [3.05, 3.63) is 29.8 Å². The minimum atomic E-state index is -0.162. The number of carbonyl (C=O) groups excluding carboxylic acids is 1. The zero-order valence-electron chi connectivity index (χ0n) is 12.7. The van der Waals surface area contributed by atoms with E-state index in [-0.39, 0.29) is 11.4 Å². The van der Waals surface area contributed by atoms with Gasteiger partial charge in [-0.15, -0.1) is 0 Å². The molecule has 0 radical (unpaired) electrons. The van der Waals surface area contributed by atoms with Crippen LogP contribution in [0.25, 0.3) is 0 Å². The Morgan fingerprint density at radius 3 is 2.21 bits per heavy atom. The lowest BCUT2D eigenvalue weighted by Crippen LogP contribution is -2.16. The van der Waals surface area contributed by atoms with Gasteiger partial charge in [0.15, 0.2) is 0 Å². The third-order valence-electron chi connectivity index (χ3n) is 2.94. The van der Waals surface area contributed by atoms with Crippen molar-refractivity contribution in [3.8, 4) is 5.75 Å². The van der Waals surface area contributed by atoms with Crippen LogP contribution in [-0.2, 0) is 10.2 Å². The van der Waals surface area contributed by atoms with Crippen molar-refractivity contribution in [2.24, 2.45) is 0 Å². The van der Waals surface area contributed by atoms with Crippen LogP contribution < -0.4 is 4.74 Å². The number of esters is 1. The van der Waals surface area contributed by atoms with E-state index in [2.05, 4.69) is 25.7 Å². The fourth-order valence-corrected chi connectivity index (χ4v) is 1.75. The quantitative estimate of drug-likeness (QED) is 0.603. The number of carbonyl (C=O) groups is 1. The third-order valence-corrected chi connectivity index (χ3v) is 2.94. The first-order valence-corrected chi connectivity index (χ1v) is 6.75. The summed E-state index contributed by atoms with van der Waals surface area (Å²) in [5.41, 5.74) is 1.36. The number of benzene rings is 1. The van der Waals surface area contributed by atoms with Gasteiger partial charge in [-0.2, -0.15) is 0 Å². The molecule has 0 atom stereocenters. The minimum absolute atomic E-state index is 0.119. The molecule has 0 aliphatic rings. The molecule has 0 saturated carbocycles. The molecule has 0 fully saturated rings. The lowest BCUT2D eigenvalue weighted by Gasteiger charge is -2.19. The first-order valence-electron chi connectivity index (χ1n) is 6.75.